The van der Waals surface area contributed by atoms with Crippen molar-refractivity contribution < 1.29 is 27.8 Å². The van der Waals surface area contributed by atoms with E-state index in [0.29, 0.717) is 5.56 Å². The Morgan fingerprint density at radius 1 is 1.17 bits per heavy atom. The van der Waals surface area contributed by atoms with Crippen LogP contribution in [0.15, 0.2) is 42.6 Å². The lowest BCUT2D eigenvalue weighted by atomic mass is 10.2. The molecule has 0 radical (unpaired) electrons. The van der Waals surface area contributed by atoms with Gasteiger partial charge >= 0.3 is 12.4 Å². The summed E-state index contributed by atoms with van der Waals surface area (Å²) in [6, 6.07) is 7.31. The summed E-state index contributed by atoms with van der Waals surface area (Å²) in [6.45, 7) is -0.0842. The van der Waals surface area contributed by atoms with Crippen LogP contribution in [0.2, 0.25) is 0 Å². The van der Waals surface area contributed by atoms with Crippen molar-refractivity contribution in [2.24, 2.45) is 0 Å². The number of anilines is 2. The molecule has 0 spiro atoms. The summed E-state index contributed by atoms with van der Waals surface area (Å²) >= 11 is 0. The van der Waals surface area contributed by atoms with Crippen molar-refractivity contribution in [1.82, 2.24) is 25.2 Å². The maximum atomic E-state index is 12.2. The highest BCUT2D eigenvalue weighted by molar-refractivity contribution is 5.99. The second-order valence-corrected chi connectivity index (χ2v) is 5.59. The number of nitrogens with one attached hydrogen (secondary N) is 2. The van der Waals surface area contributed by atoms with Crippen molar-refractivity contribution in [1.29, 1.82) is 0 Å². The van der Waals surface area contributed by atoms with Crippen molar-refractivity contribution in [2.45, 2.75) is 19.5 Å². The Hall–Kier alpha value is -3.74. The molecule has 29 heavy (non-hydrogen) atoms. The molecule has 10 nitrogen and oxygen atoms in total. The van der Waals surface area contributed by atoms with Crippen molar-refractivity contribution in [2.75, 3.05) is 10.6 Å². The average molecular weight is 409 g/mol. The number of urea groups is 1. The second kappa shape index (κ2) is 8.52. The first-order chi connectivity index (χ1) is 13.8. The van der Waals surface area contributed by atoms with Crippen LogP contribution in [-0.4, -0.2) is 42.7 Å². The van der Waals surface area contributed by atoms with Gasteiger partial charge in [0.2, 0.25) is 0 Å². The van der Waals surface area contributed by atoms with E-state index in [4.69, 9.17) is 5.11 Å². The number of hydrogen-bond donors (Lipinski definition) is 3. The zero-order valence-corrected chi connectivity index (χ0v) is 14.6. The number of tetrazole rings is 1. The smallest absolute Gasteiger partial charge is 0.406 e. The largest absolute Gasteiger partial charge is 0.573 e. The minimum Gasteiger partial charge on any atom is -0.406 e. The number of aromatic nitrogens is 5. The SMILES string of the molecule is O=C(Nc1ccc(OC(F)(F)F)cc1)Nc1cc(Cn2nnc(CO)n2)ccn1. The normalized spacial score (nSPS) is 11.2. The van der Waals surface area contributed by atoms with Gasteiger partial charge in [-0.25, -0.2) is 9.78 Å². The summed E-state index contributed by atoms with van der Waals surface area (Å²) in [5.41, 5.74) is 0.974. The van der Waals surface area contributed by atoms with Gasteiger partial charge < -0.3 is 15.2 Å². The number of aliphatic hydroxyl groups is 1. The Bertz CT molecular complexity index is 976. The fourth-order valence-electron chi connectivity index (χ4n) is 2.23. The number of carbonyl (C=O) groups excluding carboxylic acids is 1. The fourth-order valence-corrected chi connectivity index (χ4v) is 2.23. The third-order valence-electron chi connectivity index (χ3n) is 3.37. The second-order valence-electron chi connectivity index (χ2n) is 5.59. The highest BCUT2D eigenvalue weighted by Crippen LogP contribution is 2.24. The van der Waals surface area contributed by atoms with E-state index >= 15 is 0 Å². The Morgan fingerprint density at radius 2 is 1.93 bits per heavy atom. The predicted octanol–water partition coefficient (Wildman–Crippen LogP) is 2.15. The van der Waals surface area contributed by atoms with Crippen LogP contribution < -0.4 is 15.4 Å². The van der Waals surface area contributed by atoms with Crippen LogP contribution in [0.5, 0.6) is 5.75 Å². The van der Waals surface area contributed by atoms with Gasteiger partial charge in [-0.05, 0) is 47.2 Å². The van der Waals surface area contributed by atoms with Crippen molar-refractivity contribution in [3.8, 4) is 5.75 Å². The molecule has 152 valence electrons. The highest BCUT2D eigenvalue weighted by Gasteiger charge is 2.30. The summed E-state index contributed by atoms with van der Waals surface area (Å²) in [6.07, 6.45) is -3.32. The van der Waals surface area contributed by atoms with Crippen LogP contribution in [0, 0.1) is 0 Å². The number of ether oxygens (including phenoxy) is 1. The molecule has 13 heteroatoms. The zero-order chi connectivity index (χ0) is 20.9. The van der Waals surface area contributed by atoms with Crippen LogP contribution in [0.25, 0.3) is 0 Å². The molecule has 0 unspecified atom stereocenters. The molecule has 3 N–H and O–H groups in total. The standard InChI is InChI=1S/C16H14F3N7O3/c17-16(18,19)29-12-3-1-11(2-4-12)21-15(28)22-13-7-10(5-6-20-13)8-26-24-14(9-27)23-25-26/h1-7,27H,8-9H2,(H2,20,21,22,28). The maximum Gasteiger partial charge on any atom is 0.573 e. The first-order valence-electron chi connectivity index (χ1n) is 8.07. The van der Waals surface area contributed by atoms with E-state index in [-0.39, 0.29) is 30.5 Å². The van der Waals surface area contributed by atoms with Crippen molar-refractivity contribution in [3.05, 3.63) is 54.0 Å². The Balaban J connectivity index is 1.57. The third kappa shape index (κ3) is 6.14. The van der Waals surface area contributed by atoms with Crippen molar-refractivity contribution in [3.63, 3.8) is 0 Å². The van der Waals surface area contributed by atoms with Gasteiger partial charge in [-0.2, -0.15) is 4.80 Å². The summed E-state index contributed by atoms with van der Waals surface area (Å²) in [5.74, 6) is 0.0202. The van der Waals surface area contributed by atoms with E-state index in [1.807, 2.05) is 0 Å². The van der Waals surface area contributed by atoms with E-state index < -0.39 is 18.1 Å². The monoisotopic (exact) mass is 409 g/mol. The lowest BCUT2D eigenvalue weighted by molar-refractivity contribution is -0.274. The molecule has 0 aliphatic carbocycles. The highest BCUT2D eigenvalue weighted by atomic mass is 19.4. The summed E-state index contributed by atoms with van der Waals surface area (Å²) < 4.78 is 40.2. The van der Waals surface area contributed by atoms with Crippen LogP contribution in [0.3, 0.4) is 0 Å². The third-order valence-corrected chi connectivity index (χ3v) is 3.37. The summed E-state index contributed by atoms with van der Waals surface area (Å²) in [4.78, 5) is 17.4. The lowest BCUT2D eigenvalue weighted by Gasteiger charge is -2.10. The summed E-state index contributed by atoms with van der Waals surface area (Å²) in [7, 11) is 0. The topological polar surface area (TPSA) is 127 Å². The van der Waals surface area contributed by atoms with E-state index in [1.165, 1.54) is 23.1 Å². The molecule has 0 saturated carbocycles. The van der Waals surface area contributed by atoms with Gasteiger partial charge in [0.25, 0.3) is 0 Å². The first kappa shape index (κ1) is 20.0. The molecule has 0 bridgehead atoms. The maximum absolute atomic E-state index is 12.2. The number of pyridine rings is 1. The number of benzene rings is 1. The molecule has 3 rings (SSSR count). The Labute approximate surface area is 161 Å². The van der Waals surface area contributed by atoms with Gasteiger partial charge in [-0.3, -0.25) is 5.32 Å². The molecule has 0 aliphatic rings. The number of carbonyl (C=O) groups is 1. The number of amides is 2. The molecular formula is C16H14F3N7O3. The van der Waals surface area contributed by atoms with Gasteiger partial charge in [0.05, 0.1) is 6.54 Å². The molecule has 3 aromatic rings. The number of nitrogens with zero attached hydrogens (tertiary/aromatic N) is 5. The Morgan fingerprint density at radius 3 is 2.59 bits per heavy atom. The number of halogens is 3. The quantitative estimate of drug-likeness (QED) is 0.569. The molecule has 1 aromatic carbocycles. The van der Waals surface area contributed by atoms with E-state index in [0.717, 1.165) is 12.1 Å². The van der Waals surface area contributed by atoms with Crippen molar-refractivity contribution >= 4 is 17.5 Å². The number of alkyl halides is 3. The van der Waals surface area contributed by atoms with Crippen LogP contribution in [-0.2, 0) is 13.2 Å². The predicted molar refractivity (Wildman–Crippen MR) is 92.8 cm³/mol. The molecule has 2 aromatic heterocycles. The molecule has 2 amide bonds. The van der Waals surface area contributed by atoms with Crippen LogP contribution >= 0.6 is 0 Å². The molecule has 0 atom stereocenters. The van der Waals surface area contributed by atoms with Gasteiger partial charge in [-0.1, -0.05) is 0 Å². The lowest BCUT2D eigenvalue weighted by Crippen LogP contribution is -2.20. The van der Waals surface area contributed by atoms with Crippen LogP contribution in [0.4, 0.5) is 29.5 Å². The minimum absolute atomic E-state index is 0.184. The van der Waals surface area contributed by atoms with Gasteiger partial charge in [0.1, 0.15) is 18.2 Å². The molecule has 0 saturated heterocycles. The van der Waals surface area contributed by atoms with E-state index in [9.17, 15) is 18.0 Å². The molecule has 0 aliphatic heterocycles. The fraction of sp³-hybridized carbons (Fsp3) is 0.188. The van der Waals surface area contributed by atoms with Gasteiger partial charge in [0.15, 0.2) is 5.82 Å². The van der Waals surface area contributed by atoms with E-state index in [1.54, 1.807) is 12.1 Å². The number of rotatable bonds is 6. The molecule has 0 fully saturated rings. The van der Waals surface area contributed by atoms with Gasteiger partial charge in [-0.15, -0.1) is 23.4 Å². The Kier molecular flexibility index (Phi) is 5.87. The minimum atomic E-state index is -4.79. The van der Waals surface area contributed by atoms with Gasteiger partial charge in [0, 0.05) is 11.9 Å². The number of hydrogen-bond acceptors (Lipinski definition) is 7. The molecule has 2 heterocycles. The zero-order valence-electron chi connectivity index (χ0n) is 14.6. The molecular weight excluding hydrogens is 395 g/mol. The first-order valence-corrected chi connectivity index (χ1v) is 8.07. The average Bonchev–Trinajstić information content (AvgIpc) is 3.10. The number of aliphatic hydroxyl groups excluding tert-OH is 1. The van der Waals surface area contributed by atoms with E-state index in [2.05, 4.69) is 35.8 Å². The summed E-state index contributed by atoms with van der Waals surface area (Å²) in [5, 5.41) is 25.3. The van der Waals surface area contributed by atoms with Crippen LogP contribution in [0.1, 0.15) is 11.4 Å².